The van der Waals surface area contributed by atoms with E-state index in [2.05, 4.69) is 15.5 Å². The Morgan fingerprint density at radius 1 is 1.24 bits per heavy atom. The number of carboxylic acids is 1. The Balaban J connectivity index is 2.30. The van der Waals surface area contributed by atoms with E-state index in [4.69, 9.17) is 5.11 Å². The summed E-state index contributed by atoms with van der Waals surface area (Å²) in [6.07, 6.45) is 1.37. The molecular formula is C11H8FN3O2. The van der Waals surface area contributed by atoms with Gasteiger partial charge in [-0.05, 0) is 30.3 Å². The summed E-state index contributed by atoms with van der Waals surface area (Å²) >= 11 is 0. The van der Waals surface area contributed by atoms with Crippen molar-refractivity contribution in [3.05, 3.63) is 48.0 Å². The molecule has 17 heavy (non-hydrogen) atoms. The lowest BCUT2D eigenvalue weighted by Crippen LogP contribution is -2.06. The molecule has 0 amide bonds. The fraction of sp³-hybridized carbons (Fsp3) is 0. The predicted molar refractivity (Wildman–Crippen MR) is 58.7 cm³/mol. The van der Waals surface area contributed by atoms with E-state index in [1.165, 1.54) is 36.5 Å². The topological polar surface area (TPSA) is 75.1 Å². The normalized spacial score (nSPS) is 9.94. The van der Waals surface area contributed by atoms with Crippen LogP contribution in [-0.4, -0.2) is 21.3 Å². The van der Waals surface area contributed by atoms with Crippen LogP contribution in [0.2, 0.25) is 0 Å². The van der Waals surface area contributed by atoms with E-state index >= 15 is 0 Å². The quantitative estimate of drug-likeness (QED) is 0.848. The van der Waals surface area contributed by atoms with Crippen LogP contribution in [-0.2, 0) is 0 Å². The molecule has 0 aliphatic carbocycles. The summed E-state index contributed by atoms with van der Waals surface area (Å²) < 4.78 is 12.7. The third kappa shape index (κ3) is 2.54. The summed E-state index contributed by atoms with van der Waals surface area (Å²) in [4.78, 5) is 10.9. The Morgan fingerprint density at radius 2 is 1.94 bits per heavy atom. The van der Waals surface area contributed by atoms with Crippen molar-refractivity contribution in [2.24, 2.45) is 0 Å². The first-order valence-corrected chi connectivity index (χ1v) is 4.74. The molecule has 0 saturated carbocycles. The minimum atomic E-state index is -1.18. The Bertz CT molecular complexity index is 543. The number of aromatic nitrogens is 2. The number of benzene rings is 1. The van der Waals surface area contributed by atoms with E-state index in [0.717, 1.165) is 0 Å². The van der Waals surface area contributed by atoms with Gasteiger partial charge in [0.05, 0.1) is 11.9 Å². The molecule has 0 radical (unpaired) electrons. The van der Waals surface area contributed by atoms with Gasteiger partial charge in [-0.25, -0.2) is 9.18 Å². The maximum Gasteiger partial charge on any atom is 0.358 e. The molecule has 2 rings (SSSR count). The number of hydrogen-bond donors (Lipinski definition) is 2. The van der Waals surface area contributed by atoms with Crippen LogP contribution in [0.15, 0.2) is 36.5 Å². The van der Waals surface area contributed by atoms with Crippen LogP contribution >= 0.6 is 0 Å². The number of halogens is 1. The molecule has 0 saturated heterocycles. The van der Waals surface area contributed by atoms with E-state index in [1.54, 1.807) is 0 Å². The summed E-state index contributed by atoms with van der Waals surface area (Å²) in [6, 6.07) is 7.04. The number of anilines is 2. The molecule has 0 unspecified atom stereocenters. The lowest BCUT2D eigenvalue weighted by Gasteiger charge is -2.07. The van der Waals surface area contributed by atoms with Crippen LogP contribution in [0, 0.1) is 5.82 Å². The molecule has 0 aliphatic heterocycles. The Hall–Kier alpha value is -2.50. The lowest BCUT2D eigenvalue weighted by molar-refractivity contribution is 0.0690. The van der Waals surface area contributed by atoms with Crippen LogP contribution in [0.3, 0.4) is 0 Å². The van der Waals surface area contributed by atoms with Gasteiger partial charge in [-0.3, -0.25) is 0 Å². The van der Waals surface area contributed by atoms with Gasteiger partial charge >= 0.3 is 5.97 Å². The van der Waals surface area contributed by atoms with Gasteiger partial charge < -0.3 is 10.4 Å². The minimum Gasteiger partial charge on any atom is -0.476 e. The second kappa shape index (κ2) is 4.56. The zero-order chi connectivity index (χ0) is 12.3. The number of aromatic carboxylic acids is 1. The van der Waals surface area contributed by atoms with E-state index in [9.17, 15) is 9.18 Å². The summed E-state index contributed by atoms with van der Waals surface area (Å²) in [7, 11) is 0. The fourth-order valence-electron chi connectivity index (χ4n) is 1.28. The van der Waals surface area contributed by atoms with Gasteiger partial charge in [-0.15, -0.1) is 5.10 Å². The minimum absolute atomic E-state index is 0.183. The average molecular weight is 233 g/mol. The molecule has 5 nitrogen and oxygen atoms in total. The molecule has 1 heterocycles. The number of carbonyl (C=O) groups is 1. The highest BCUT2D eigenvalue weighted by molar-refractivity contribution is 5.92. The largest absolute Gasteiger partial charge is 0.476 e. The first kappa shape index (κ1) is 11.0. The Labute approximate surface area is 95.9 Å². The summed E-state index contributed by atoms with van der Waals surface area (Å²) in [5, 5.41) is 18.7. The zero-order valence-corrected chi connectivity index (χ0v) is 8.59. The van der Waals surface area contributed by atoms with E-state index < -0.39 is 5.97 Å². The van der Waals surface area contributed by atoms with Gasteiger partial charge in [0.25, 0.3) is 0 Å². The first-order chi connectivity index (χ1) is 8.16. The van der Waals surface area contributed by atoms with Crippen LogP contribution < -0.4 is 5.32 Å². The van der Waals surface area contributed by atoms with Gasteiger partial charge in [-0.1, -0.05) is 0 Å². The van der Waals surface area contributed by atoms with Crippen LogP contribution in [0.5, 0.6) is 0 Å². The molecule has 2 N–H and O–H groups in total. The van der Waals surface area contributed by atoms with Gasteiger partial charge in [0.15, 0.2) is 5.69 Å². The van der Waals surface area contributed by atoms with E-state index in [-0.39, 0.29) is 11.5 Å². The van der Waals surface area contributed by atoms with Crippen molar-refractivity contribution in [3.8, 4) is 0 Å². The Morgan fingerprint density at radius 3 is 2.59 bits per heavy atom. The van der Waals surface area contributed by atoms with Crippen molar-refractivity contribution in [1.29, 1.82) is 0 Å². The summed E-state index contributed by atoms with van der Waals surface area (Å²) in [5.41, 5.74) is 0.692. The van der Waals surface area contributed by atoms with Crippen LogP contribution in [0.25, 0.3) is 0 Å². The van der Waals surface area contributed by atoms with Gasteiger partial charge in [0, 0.05) is 5.69 Å². The number of nitrogens with one attached hydrogen (secondary N) is 1. The van der Waals surface area contributed by atoms with Crippen LogP contribution in [0.1, 0.15) is 10.5 Å². The summed E-state index contributed by atoms with van der Waals surface area (Å²) in [5.74, 6) is -1.54. The third-order valence-electron chi connectivity index (χ3n) is 2.05. The fourth-order valence-corrected chi connectivity index (χ4v) is 1.28. The molecule has 0 fully saturated rings. The van der Waals surface area contributed by atoms with Crippen molar-refractivity contribution in [2.75, 3.05) is 5.32 Å². The smallest absolute Gasteiger partial charge is 0.358 e. The van der Waals surface area contributed by atoms with Gasteiger partial charge in [0.1, 0.15) is 5.82 Å². The molecule has 6 heteroatoms. The number of carboxylic acid groups (broad SMARTS) is 1. The molecule has 0 spiro atoms. The molecule has 1 aromatic heterocycles. The molecular weight excluding hydrogens is 225 g/mol. The number of hydrogen-bond acceptors (Lipinski definition) is 4. The third-order valence-corrected chi connectivity index (χ3v) is 2.05. The van der Waals surface area contributed by atoms with Crippen LogP contribution in [0.4, 0.5) is 15.8 Å². The Kier molecular flexibility index (Phi) is 2.95. The zero-order valence-electron chi connectivity index (χ0n) is 8.59. The lowest BCUT2D eigenvalue weighted by atomic mass is 10.2. The van der Waals surface area contributed by atoms with Crippen molar-refractivity contribution in [1.82, 2.24) is 10.2 Å². The number of rotatable bonds is 3. The second-order valence-electron chi connectivity index (χ2n) is 3.23. The van der Waals surface area contributed by atoms with Crippen molar-refractivity contribution >= 4 is 17.3 Å². The highest BCUT2D eigenvalue weighted by atomic mass is 19.1. The maximum absolute atomic E-state index is 12.7. The van der Waals surface area contributed by atoms with Crippen molar-refractivity contribution < 1.29 is 14.3 Å². The van der Waals surface area contributed by atoms with E-state index in [0.29, 0.717) is 11.4 Å². The molecule has 1 aromatic carbocycles. The van der Waals surface area contributed by atoms with E-state index in [1.807, 2.05) is 0 Å². The average Bonchev–Trinajstić information content (AvgIpc) is 2.32. The standard InChI is InChI=1S/C11H8FN3O2/c12-7-1-3-8(4-2-7)14-9-5-6-13-15-10(9)11(16)17/h1-6H,(H,13,14)(H,16,17). The predicted octanol–water partition coefficient (Wildman–Crippen LogP) is 2.06. The van der Waals surface area contributed by atoms with Crippen molar-refractivity contribution in [3.63, 3.8) is 0 Å². The molecule has 86 valence electrons. The first-order valence-electron chi connectivity index (χ1n) is 4.74. The second-order valence-corrected chi connectivity index (χ2v) is 3.23. The number of nitrogens with zero attached hydrogens (tertiary/aromatic N) is 2. The highest BCUT2D eigenvalue weighted by Gasteiger charge is 2.11. The molecule has 0 aliphatic rings. The van der Waals surface area contributed by atoms with Gasteiger partial charge in [-0.2, -0.15) is 5.10 Å². The molecule has 0 bridgehead atoms. The van der Waals surface area contributed by atoms with Gasteiger partial charge in [0.2, 0.25) is 0 Å². The summed E-state index contributed by atoms with van der Waals surface area (Å²) in [6.45, 7) is 0. The molecule has 0 atom stereocenters. The highest BCUT2D eigenvalue weighted by Crippen LogP contribution is 2.18. The maximum atomic E-state index is 12.7. The van der Waals surface area contributed by atoms with Crippen molar-refractivity contribution in [2.45, 2.75) is 0 Å². The monoisotopic (exact) mass is 233 g/mol. The SMILES string of the molecule is O=C(O)c1nnccc1Nc1ccc(F)cc1. The molecule has 2 aromatic rings.